The number of ether oxygens (including phenoxy) is 1. The Kier molecular flexibility index (Phi) is 4.98. The summed E-state index contributed by atoms with van der Waals surface area (Å²) in [4.78, 5) is 12.1. The number of nitrogens with zero attached hydrogens (tertiary/aromatic N) is 3. The number of nitrogens with one attached hydrogen (secondary N) is 1. The Morgan fingerprint density at radius 3 is 2.75 bits per heavy atom. The predicted molar refractivity (Wildman–Crippen MR) is 80.1 cm³/mol. The lowest BCUT2D eigenvalue weighted by Gasteiger charge is -2.10. The first kappa shape index (κ1) is 14.8. The Morgan fingerprint density at radius 1 is 1.20 bits per heavy atom. The summed E-state index contributed by atoms with van der Waals surface area (Å²) in [6.45, 7) is 4.43. The predicted octanol–water partition coefficient (Wildman–Crippen LogP) is 4.02. The molecule has 0 spiro atoms. The van der Waals surface area contributed by atoms with Crippen LogP contribution in [0.4, 0.5) is 11.6 Å². The average molecular weight is 313 g/mol. The third kappa shape index (κ3) is 3.71. The molecular weight excluding hydrogens is 299 g/mol. The normalized spacial score (nSPS) is 10.4. The highest BCUT2D eigenvalue weighted by Gasteiger charge is 2.08. The maximum absolute atomic E-state index is 6.07. The van der Waals surface area contributed by atoms with E-state index in [2.05, 4.69) is 20.3 Å². The van der Waals surface area contributed by atoms with E-state index in [-0.39, 0.29) is 11.3 Å². The van der Waals surface area contributed by atoms with Gasteiger partial charge < -0.3 is 10.1 Å². The molecule has 2 rings (SSSR count). The van der Waals surface area contributed by atoms with Crippen molar-refractivity contribution in [1.82, 2.24) is 15.0 Å². The van der Waals surface area contributed by atoms with Crippen molar-refractivity contribution in [3.8, 4) is 6.01 Å². The second kappa shape index (κ2) is 6.72. The van der Waals surface area contributed by atoms with Gasteiger partial charge in [0.15, 0.2) is 0 Å². The molecule has 0 fully saturated rings. The smallest absolute Gasteiger partial charge is 0.322 e. The molecule has 0 aliphatic heterocycles. The molecule has 20 heavy (non-hydrogen) atoms. The molecule has 0 saturated carbocycles. The fourth-order valence-electron chi connectivity index (χ4n) is 1.51. The first-order valence-electron chi connectivity index (χ1n) is 6.16. The van der Waals surface area contributed by atoms with Crippen LogP contribution >= 0.6 is 23.2 Å². The summed E-state index contributed by atoms with van der Waals surface area (Å²) in [5.74, 6) is 0.321. The van der Waals surface area contributed by atoms with Crippen molar-refractivity contribution in [3.63, 3.8) is 0 Å². The van der Waals surface area contributed by atoms with Gasteiger partial charge >= 0.3 is 6.01 Å². The second-order valence-electron chi connectivity index (χ2n) is 4.10. The minimum absolute atomic E-state index is 0.0771. The lowest BCUT2D eigenvalue weighted by atomic mass is 10.2. The monoisotopic (exact) mass is 312 g/mol. The molecule has 5 nitrogen and oxygen atoms in total. The molecule has 0 aliphatic carbocycles. The molecule has 0 radical (unpaired) electrons. The quantitative estimate of drug-likeness (QED) is 0.903. The summed E-state index contributed by atoms with van der Waals surface area (Å²) in [6.07, 6.45) is 0.861. The van der Waals surface area contributed by atoms with E-state index in [1.54, 1.807) is 0 Å². The summed E-state index contributed by atoms with van der Waals surface area (Å²) in [5.41, 5.74) is 1.71. The third-order valence-corrected chi connectivity index (χ3v) is 3.12. The molecule has 1 aromatic carbocycles. The van der Waals surface area contributed by atoms with Crippen molar-refractivity contribution in [3.05, 3.63) is 34.1 Å². The Labute approximate surface area is 127 Å². The summed E-state index contributed by atoms with van der Waals surface area (Å²) >= 11 is 11.9. The summed E-state index contributed by atoms with van der Waals surface area (Å²) < 4.78 is 5.36. The van der Waals surface area contributed by atoms with Gasteiger partial charge in [0.25, 0.3) is 0 Å². The Morgan fingerprint density at radius 2 is 2.00 bits per heavy atom. The van der Waals surface area contributed by atoms with Crippen LogP contribution in [0.2, 0.25) is 10.3 Å². The van der Waals surface area contributed by atoms with Crippen LogP contribution in [0.25, 0.3) is 0 Å². The van der Waals surface area contributed by atoms with Crippen LogP contribution in [0.1, 0.15) is 18.9 Å². The van der Waals surface area contributed by atoms with E-state index >= 15 is 0 Å². The van der Waals surface area contributed by atoms with E-state index in [1.807, 2.05) is 32.0 Å². The van der Waals surface area contributed by atoms with Gasteiger partial charge in [-0.05, 0) is 42.6 Å². The molecule has 1 heterocycles. The van der Waals surface area contributed by atoms with Crippen LogP contribution in [0.5, 0.6) is 6.01 Å². The van der Waals surface area contributed by atoms with Gasteiger partial charge in [-0.1, -0.05) is 24.6 Å². The van der Waals surface area contributed by atoms with Gasteiger partial charge in [-0.3, -0.25) is 0 Å². The van der Waals surface area contributed by atoms with Crippen molar-refractivity contribution >= 4 is 34.8 Å². The van der Waals surface area contributed by atoms with Crippen molar-refractivity contribution in [2.45, 2.75) is 20.3 Å². The van der Waals surface area contributed by atoms with Crippen LogP contribution in [-0.2, 0) is 0 Å². The Bertz CT molecular complexity index is 607. The first-order chi connectivity index (χ1) is 9.60. The van der Waals surface area contributed by atoms with E-state index in [4.69, 9.17) is 27.9 Å². The first-order valence-corrected chi connectivity index (χ1v) is 6.92. The largest absolute Gasteiger partial charge is 0.463 e. The topological polar surface area (TPSA) is 59.9 Å². The van der Waals surface area contributed by atoms with Gasteiger partial charge in [-0.15, -0.1) is 0 Å². The maximum Gasteiger partial charge on any atom is 0.322 e. The minimum atomic E-state index is 0.0771. The number of anilines is 2. The van der Waals surface area contributed by atoms with Crippen molar-refractivity contribution in [1.29, 1.82) is 0 Å². The van der Waals surface area contributed by atoms with E-state index in [9.17, 15) is 0 Å². The van der Waals surface area contributed by atoms with Crippen LogP contribution in [0.3, 0.4) is 0 Å². The number of hydrogen-bond donors (Lipinski definition) is 1. The zero-order valence-electron chi connectivity index (χ0n) is 11.2. The molecule has 7 heteroatoms. The Balaban J connectivity index is 2.24. The molecule has 0 unspecified atom stereocenters. The van der Waals surface area contributed by atoms with E-state index in [0.29, 0.717) is 17.6 Å². The molecule has 0 atom stereocenters. The van der Waals surface area contributed by atoms with E-state index in [0.717, 1.165) is 17.7 Å². The average Bonchev–Trinajstić information content (AvgIpc) is 2.41. The van der Waals surface area contributed by atoms with Crippen LogP contribution in [-0.4, -0.2) is 21.6 Å². The third-order valence-electron chi connectivity index (χ3n) is 2.54. The Hall–Kier alpha value is -1.59. The molecule has 0 saturated heterocycles. The maximum atomic E-state index is 6.07. The van der Waals surface area contributed by atoms with Gasteiger partial charge in [0.05, 0.1) is 6.61 Å². The van der Waals surface area contributed by atoms with Gasteiger partial charge in [0.2, 0.25) is 11.2 Å². The molecule has 0 bridgehead atoms. The van der Waals surface area contributed by atoms with Crippen molar-refractivity contribution in [2.75, 3.05) is 11.9 Å². The van der Waals surface area contributed by atoms with Crippen LogP contribution < -0.4 is 10.1 Å². The van der Waals surface area contributed by atoms with Crippen LogP contribution in [0, 0.1) is 6.92 Å². The standard InChI is InChI=1S/C13H14Cl2N4O/c1-3-7-20-13-18-11(15)17-12(19-13)16-10-6-4-5-9(14)8(10)2/h4-6H,3,7H2,1-2H3,(H,16,17,18,19). The summed E-state index contributed by atoms with van der Waals surface area (Å²) in [6, 6.07) is 5.74. The van der Waals surface area contributed by atoms with Crippen molar-refractivity contribution < 1.29 is 4.74 Å². The molecule has 106 valence electrons. The number of hydrogen-bond acceptors (Lipinski definition) is 5. The van der Waals surface area contributed by atoms with Gasteiger partial charge in [0.1, 0.15) is 0 Å². The molecule has 1 N–H and O–H groups in total. The highest BCUT2D eigenvalue weighted by Crippen LogP contribution is 2.25. The lowest BCUT2D eigenvalue weighted by molar-refractivity contribution is 0.292. The molecular formula is C13H14Cl2N4O. The number of benzene rings is 1. The molecule has 0 aliphatic rings. The molecule has 2 aromatic rings. The lowest BCUT2D eigenvalue weighted by Crippen LogP contribution is -2.05. The molecule has 1 aromatic heterocycles. The van der Waals surface area contributed by atoms with Crippen LogP contribution in [0.15, 0.2) is 18.2 Å². The van der Waals surface area contributed by atoms with Gasteiger partial charge in [-0.2, -0.15) is 15.0 Å². The number of rotatable bonds is 5. The van der Waals surface area contributed by atoms with Crippen molar-refractivity contribution in [2.24, 2.45) is 0 Å². The fraction of sp³-hybridized carbons (Fsp3) is 0.308. The fourth-order valence-corrected chi connectivity index (χ4v) is 1.84. The SMILES string of the molecule is CCCOc1nc(Cl)nc(Nc2cccc(Cl)c2C)n1. The zero-order valence-corrected chi connectivity index (χ0v) is 12.7. The highest BCUT2D eigenvalue weighted by atomic mass is 35.5. The molecule has 0 amide bonds. The van der Waals surface area contributed by atoms with Gasteiger partial charge in [-0.25, -0.2) is 0 Å². The second-order valence-corrected chi connectivity index (χ2v) is 4.84. The van der Waals surface area contributed by atoms with E-state index in [1.165, 1.54) is 0 Å². The van der Waals surface area contributed by atoms with E-state index < -0.39 is 0 Å². The highest BCUT2D eigenvalue weighted by molar-refractivity contribution is 6.31. The summed E-state index contributed by atoms with van der Waals surface area (Å²) in [5, 5.41) is 3.80. The zero-order chi connectivity index (χ0) is 14.5. The number of aromatic nitrogens is 3. The number of halogens is 2. The minimum Gasteiger partial charge on any atom is -0.463 e. The summed E-state index contributed by atoms with van der Waals surface area (Å²) in [7, 11) is 0. The van der Waals surface area contributed by atoms with Gasteiger partial charge in [0, 0.05) is 10.7 Å².